The van der Waals surface area contributed by atoms with Crippen molar-refractivity contribution >= 4 is 5.91 Å². The minimum absolute atomic E-state index is 0.0369. The normalized spacial score (nSPS) is 17.0. The third kappa shape index (κ3) is 4.16. The Labute approximate surface area is 148 Å². The number of hydrogen-bond donors (Lipinski definition) is 1. The average molecular weight is 339 g/mol. The summed E-state index contributed by atoms with van der Waals surface area (Å²) >= 11 is 0. The highest BCUT2D eigenvalue weighted by Crippen LogP contribution is 2.23. The molecule has 0 aliphatic carbocycles. The summed E-state index contributed by atoms with van der Waals surface area (Å²) in [6, 6.07) is 10.6. The maximum atomic E-state index is 12.8. The molecule has 3 rings (SSSR count). The quantitative estimate of drug-likeness (QED) is 0.910. The number of nitrogens with zero attached hydrogens (tertiary/aromatic N) is 2. The van der Waals surface area contributed by atoms with Crippen LogP contribution in [0.4, 0.5) is 0 Å². The van der Waals surface area contributed by atoms with Gasteiger partial charge in [0.15, 0.2) is 0 Å². The highest BCUT2D eigenvalue weighted by Gasteiger charge is 2.29. The Bertz CT molecular complexity index is 798. The van der Waals surface area contributed by atoms with Crippen molar-refractivity contribution in [1.29, 1.82) is 0 Å². The second-order valence-electron chi connectivity index (χ2n) is 6.80. The molecule has 5 heteroatoms. The van der Waals surface area contributed by atoms with E-state index >= 15 is 0 Å². The van der Waals surface area contributed by atoms with Crippen molar-refractivity contribution in [2.75, 3.05) is 6.54 Å². The van der Waals surface area contributed by atoms with E-state index in [1.807, 2.05) is 23.1 Å². The number of nitrogens with one attached hydrogen (secondary N) is 1. The van der Waals surface area contributed by atoms with Crippen LogP contribution in [0.3, 0.4) is 0 Å². The molecule has 1 aromatic carbocycles. The van der Waals surface area contributed by atoms with Crippen LogP contribution in [0.25, 0.3) is 0 Å². The molecular weight excluding hydrogens is 314 g/mol. The van der Waals surface area contributed by atoms with Crippen LogP contribution in [0, 0.1) is 13.8 Å². The van der Waals surface area contributed by atoms with Crippen LogP contribution in [-0.2, 0) is 17.6 Å². The van der Waals surface area contributed by atoms with Gasteiger partial charge in [-0.2, -0.15) is 0 Å². The van der Waals surface area contributed by atoms with Gasteiger partial charge < -0.3 is 9.88 Å². The van der Waals surface area contributed by atoms with E-state index in [1.165, 1.54) is 5.56 Å². The first-order chi connectivity index (χ1) is 12.0. The predicted octanol–water partition coefficient (Wildman–Crippen LogP) is 2.55. The second kappa shape index (κ2) is 7.64. The molecule has 0 radical (unpaired) electrons. The first-order valence-corrected chi connectivity index (χ1v) is 8.94. The molecule has 1 aliphatic heterocycles. The van der Waals surface area contributed by atoms with Crippen molar-refractivity contribution in [3.63, 3.8) is 0 Å². The summed E-state index contributed by atoms with van der Waals surface area (Å²) < 4.78 is 0. The lowest BCUT2D eigenvalue weighted by Gasteiger charge is -2.25. The molecule has 1 atom stereocenters. The fraction of sp³-hybridized carbons (Fsp3) is 0.450. The summed E-state index contributed by atoms with van der Waals surface area (Å²) in [7, 11) is 0. The number of H-pyrrole nitrogens is 1. The highest BCUT2D eigenvalue weighted by atomic mass is 16.2. The number of rotatable bonds is 5. The lowest BCUT2D eigenvalue weighted by atomic mass is 10.0. The van der Waals surface area contributed by atoms with Gasteiger partial charge in [-0.25, -0.2) is 4.98 Å². The van der Waals surface area contributed by atoms with E-state index in [0.717, 1.165) is 32.2 Å². The molecule has 1 aromatic heterocycles. The van der Waals surface area contributed by atoms with Gasteiger partial charge in [0.25, 0.3) is 5.56 Å². The molecule has 132 valence electrons. The molecule has 0 bridgehead atoms. The van der Waals surface area contributed by atoms with Crippen LogP contribution >= 0.6 is 0 Å². The van der Waals surface area contributed by atoms with Gasteiger partial charge in [-0.05, 0) is 45.1 Å². The van der Waals surface area contributed by atoms with Crippen LogP contribution in [0.15, 0.2) is 35.1 Å². The number of hydrogen-bond acceptors (Lipinski definition) is 3. The zero-order valence-electron chi connectivity index (χ0n) is 14.9. The molecular formula is C20H25N3O2. The number of carbonyl (C=O) groups excluding carboxylic acids is 1. The van der Waals surface area contributed by atoms with Crippen molar-refractivity contribution in [2.45, 2.75) is 52.0 Å². The molecule has 1 fully saturated rings. The number of aryl methyl sites for hydroxylation is 3. The minimum Gasteiger partial charge on any atom is -0.339 e. The molecule has 5 nitrogen and oxygen atoms in total. The van der Waals surface area contributed by atoms with Crippen molar-refractivity contribution < 1.29 is 4.79 Å². The van der Waals surface area contributed by atoms with E-state index in [-0.39, 0.29) is 23.9 Å². The molecule has 2 aromatic rings. The van der Waals surface area contributed by atoms with E-state index in [9.17, 15) is 9.59 Å². The minimum atomic E-state index is -0.196. The van der Waals surface area contributed by atoms with Crippen molar-refractivity contribution in [1.82, 2.24) is 14.9 Å². The van der Waals surface area contributed by atoms with Gasteiger partial charge in [0.2, 0.25) is 5.91 Å². The van der Waals surface area contributed by atoms with E-state index in [0.29, 0.717) is 17.1 Å². The lowest BCUT2D eigenvalue weighted by molar-refractivity contribution is -0.131. The van der Waals surface area contributed by atoms with Crippen molar-refractivity contribution in [3.8, 4) is 0 Å². The molecule has 1 amide bonds. The van der Waals surface area contributed by atoms with Gasteiger partial charge >= 0.3 is 0 Å². The maximum Gasteiger partial charge on any atom is 0.254 e. The lowest BCUT2D eigenvalue weighted by Crippen LogP contribution is -2.38. The summed E-state index contributed by atoms with van der Waals surface area (Å²) in [6.07, 6.45) is 4.15. The number of benzene rings is 1. The van der Waals surface area contributed by atoms with Gasteiger partial charge in [0.1, 0.15) is 5.82 Å². The van der Waals surface area contributed by atoms with Crippen molar-refractivity contribution in [3.05, 3.63) is 63.3 Å². The van der Waals surface area contributed by atoms with Gasteiger partial charge in [-0.3, -0.25) is 9.59 Å². The monoisotopic (exact) mass is 339 g/mol. The third-order valence-electron chi connectivity index (χ3n) is 4.98. The third-order valence-corrected chi connectivity index (χ3v) is 4.98. The second-order valence-corrected chi connectivity index (χ2v) is 6.80. The molecule has 1 aliphatic rings. The summed E-state index contributed by atoms with van der Waals surface area (Å²) in [5, 5.41) is 0. The Morgan fingerprint density at radius 1 is 1.28 bits per heavy atom. The molecule has 1 N–H and O–H groups in total. The molecule has 2 heterocycles. The Morgan fingerprint density at radius 2 is 2.04 bits per heavy atom. The fourth-order valence-electron chi connectivity index (χ4n) is 3.65. The van der Waals surface area contributed by atoms with Crippen LogP contribution in [0.1, 0.15) is 41.9 Å². The van der Waals surface area contributed by atoms with Crippen LogP contribution in [-0.4, -0.2) is 33.4 Å². The maximum absolute atomic E-state index is 12.8. The van der Waals surface area contributed by atoms with E-state index in [4.69, 9.17) is 0 Å². The smallest absolute Gasteiger partial charge is 0.254 e. The average Bonchev–Trinajstić information content (AvgIpc) is 3.05. The number of carbonyl (C=O) groups is 1. The summed E-state index contributed by atoms with van der Waals surface area (Å²) in [6.45, 7) is 4.33. The van der Waals surface area contributed by atoms with Crippen LogP contribution < -0.4 is 5.56 Å². The van der Waals surface area contributed by atoms with E-state index < -0.39 is 0 Å². The molecule has 0 unspecified atom stereocenters. The summed E-state index contributed by atoms with van der Waals surface area (Å²) in [5.74, 6) is 0.621. The summed E-state index contributed by atoms with van der Waals surface area (Å²) in [4.78, 5) is 33.8. The number of likely N-dealkylation sites (tertiary alicyclic amines) is 1. The number of aromatic amines is 1. The Kier molecular flexibility index (Phi) is 5.31. The molecule has 25 heavy (non-hydrogen) atoms. The van der Waals surface area contributed by atoms with Gasteiger partial charge in [-0.1, -0.05) is 30.3 Å². The first kappa shape index (κ1) is 17.4. The Morgan fingerprint density at radius 3 is 2.76 bits per heavy atom. The molecule has 0 saturated carbocycles. The zero-order chi connectivity index (χ0) is 17.8. The van der Waals surface area contributed by atoms with E-state index in [2.05, 4.69) is 22.1 Å². The van der Waals surface area contributed by atoms with Crippen molar-refractivity contribution in [2.24, 2.45) is 0 Å². The molecule has 1 saturated heterocycles. The van der Waals surface area contributed by atoms with E-state index in [1.54, 1.807) is 13.8 Å². The van der Waals surface area contributed by atoms with Crippen LogP contribution in [0.2, 0.25) is 0 Å². The highest BCUT2D eigenvalue weighted by molar-refractivity contribution is 5.79. The Balaban J connectivity index is 1.66. The van der Waals surface area contributed by atoms with Crippen LogP contribution in [0.5, 0.6) is 0 Å². The van der Waals surface area contributed by atoms with Gasteiger partial charge in [-0.15, -0.1) is 0 Å². The van der Waals surface area contributed by atoms with Gasteiger partial charge in [0, 0.05) is 23.8 Å². The number of aromatic nitrogens is 2. The SMILES string of the molecule is Cc1nc(C)c(CC(=O)N2CCC[C@H]2CCc2ccccc2)c(=O)[nH]1. The van der Waals surface area contributed by atoms with Gasteiger partial charge in [0.05, 0.1) is 6.42 Å². The number of amides is 1. The topological polar surface area (TPSA) is 66.1 Å². The predicted molar refractivity (Wildman–Crippen MR) is 97.5 cm³/mol. The zero-order valence-corrected chi connectivity index (χ0v) is 14.9. The Hall–Kier alpha value is -2.43. The summed E-state index contributed by atoms with van der Waals surface area (Å²) in [5.41, 5.74) is 2.24. The largest absolute Gasteiger partial charge is 0.339 e. The fourth-order valence-corrected chi connectivity index (χ4v) is 3.65. The standard InChI is InChI=1S/C20H25N3O2/c1-14-18(20(25)22-15(2)21-14)13-19(24)23-12-6-9-17(23)11-10-16-7-4-3-5-8-16/h3-5,7-8,17H,6,9-13H2,1-2H3,(H,21,22,25)/t17-/m0/s1. The molecule has 0 spiro atoms. The first-order valence-electron chi connectivity index (χ1n) is 8.94.